The number of carbonyl (C=O) groups is 1. The Morgan fingerprint density at radius 1 is 1.26 bits per heavy atom. The van der Waals surface area contributed by atoms with E-state index in [1.54, 1.807) is 30.6 Å². The molecular weight excluding hydrogens is 411 g/mol. The number of urea groups is 1. The number of ether oxygens (including phenoxy) is 1. The number of rotatable bonds is 5. The maximum absolute atomic E-state index is 13.6. The summed E-state index contributed by atoms with van der Waals surface area (Å²) in [7, 11) is 1.63. The molecule has 4 nitrogen and oxygen atoms in total. The van der Waals surface area contributed by atoms with Gasteiger partial charge in [0.2, 0.25) is 0 Å². The number of nitrogens with one attached hydrogen (secondary N) is 1. The summed E-state index contributed by atoms with van der Waals surface area (Å²) in [6.45, 7) is 5.37. The molecule has 0 fully saturated rings. The summed E-state index contributed by atoms with van der Waals surface area (Å²) in [4.78, 5) is 17.6. The summed E-state index contributed by atoms with van der Waals surface area (Å²) in [5.41, 5.74) is 4.66. The second-order valence-electron chi connectivity index (χ2n) is 7.74. The summed E-state index contributed by atoms with van der Waals surface area (Å²) < 4.78 is 18.9. The van der Waals surface area contributed by atoms with Gasteiger partial charge in [0.05, 0.1) is 13.2 Å². The fourth-order valence-corrected chi connectivity index (χ4v) is 5.81. The van der Waals surface area contributed by atoms with Crippen LogP contribution in [0.4, 0.5) is 9.18 Å². The van der Waals surface area contributed by atoms with Gasteiger partial charge in [-0.3, -0.25) is 0 Å². The van der Waals surface area contributed by atoms with Crippen molar-refractivity contribution in [3.05, 3.63) is 86.4 Å². The highest BCUT2D eigenvalue weighted by Crippen LogP contribution is 2.42. The standard InChI is InChI=1S/C25H27FN2O2S/c1-4-21-16(2)31-24-22(21)12-13-28(23(24)18-8-10-19(26)11-9-18)25(29)27-15-17-6-5-7-20(14-17)30-3/h5-11,14,23H,4,12-13,15H2,1-3H3,(H,27,29). The first-order chi connectivity index (χ1) is 15.0. The van der Waals surface area contributed by atoms with Crippen molar-refractivity contribution in [3.63, 3.8) is 0 Å². The van der Waals surface area contributed by atoms with Gasteiger partial charge in [0.25, 0.3) is 0 Å². The van der Waals surface area contributed by atoms with Gasteiger partial charge >= 0.3 is 6.03 Å². The van der Waals surface area contributed by atoms with Gasteiger partial charge in [0.15, 0.2) is 0 Å². The number of thiophene rings is 1. The second kappa shape index (κ2) is 9.10. The van der Waals surface area contributed by atoms with E-state index in [1.807, 2.05) is 29.2 Å². The molecule has 1 aromatic heterocycles. The smallest absolute Gasteiger partial charge is 0.318 e. The highest BCUT2D eigenvalue weighted by Gasteiger charge is 2.35. The third-order valence-electron chi connectivity index (χ3n) is 5.89. The van der Waals surface area contributed by atoms with Crippen LogP contribution in [0.15, 0.2) is 48.5 Å². The normalized spacial score (nSPS) is 15.5. The van der Waals surface area contributed by atoms with Crippen molar-refractivity contribution >= 4 is 17.4 Å². The SMILES string of the molecule is CCc1c(C)sc2c1CCN(C(=O)NCc1cccc(OC)c1)C2c1ccc(F)cc1. The Kier molecular flexibility index (Phi) is 6.28. The van der Waals surface area contributed by atoms with Crippen LogP contribution in [-0.4, -0.2) is 24.6 Å². The molecule has 2 heterocycles. The van der Waals surface area contributed by atoms with E-state index in [0.29, 0.717) is 13.1 Å². The topological polar surface area (TPSA) is 41.6 Å². The summed E-state index contributed by atoms with van der Waals surface area (Å²) in [6.07, 6.45) is 1.82. The zero-order valence-corrected chi connectivity index (χ0v) is 18.9. The molecule has 4 rings (SSSR count). The molecule has 6 heteroatoms. The van der Waals surface area contributed by atoms with E-state index in [1.165, 1.54) is 33.0 Å². The van der Waals surface area contributed by atoms with E-state index in [-0.39, 0.29) is 17.9 Å². The van der Waals surface area contributed by atoms with Gasteiger partial charge in [0, 0.05) is 22.8 Å². The number of nitrogens with zero attached hydrogens (tertiary/aromatic N) is 1. The molecule has 3 aromatic rings. The summed E-state index contributed by atoms with van der Waals surface area (Å²) in [5, 5.41) is 3.06. The number of hydrogen-bond acceptors (Lipinski definition) is 3. The van der Waals surface area contributed by atoms with Crippen molar-refractivity contribution in [2.24, 2.45) is 0 Å². The minimum Gasteiger partial charge on any atom is -0.497 e. The number of hydrogen-bond donors (Lipinski definition) is 1. The number of benzene rings is 2. The van der Waals surface area contributed by atoms with Crippen LogP contribution in [0, 0.1) is 12.7 Å². The largest absolute Gasteiger partial charge is 0.497 e. The number of halogens is 1. The fraction of sp³-hybridized carbons (Fsp3) is 0.320. The summed E-state index contributed by atoms with van der Waals surface area (Å²) in [6, 6.07) is 13.9. The monoisotopic (exact) mass is 438 g/mol. The van der Waals surface area contributed by atoms with Gasteiger partial charge in [-0.05, 0) is 66.3 Å². The predicted molar refractivity (Wildman–Crippen MR) is 122 cm³/mol. The third-order valence-corrected chi connectivity index (χ3v) is 7.13. The molecule has 162 valence electrons. The number of carbonyl (C=O) groups excluding carboxylic acids is 1. The lowest BCUT2D eigenvalue weighted by atomic mass is 9.92. The number of amides is 2. The molecule has 31 heavy (non-hydrogen) atoms. The maximum Gasteiger partial charge on any atom is 0.318 e. The minimum absolute atomic E-state index is 0.119. The molecule has 2 aromatic carbocycles. The molecule has 1 aliphatic rings. The maximum atomic E-state index is 13.6. The van der Waals surface area contributed by atoms with Crippen LogP contribution >= 0.6 is 11.3 Å². The van der Waals surface area contributed by atoms with Gasteiger partial charge in [-0.25, -0.2) is 9.18 Å². The molecule has 1 N–H and O–H groups in total. The zero-order valence-electron chi connectivity index (χ0n) is 18.1. The Morgan fingerprint density at radius 3 is 2.74 bits per heavy atom. The highest BCUT2D eigenvalue weighted by atomic mass is 32.1. The molecule has 0 saturated heterocycles. The summed E-state index contributed by atoms with van der Waals surface area (Å²) >= 11 is 1.76. The third kappa shape index (κ3) is 4.30. The van der Waals surface area contributed by atoms with Crippen LogP contribution in [0.2, 0.25) is 0 Å². The van der Waals surface area contributed by atoms with Crippen LogP contribution in [-0.2, 0) is 19.4 Å². The molecule has 0 bridgehead atoms. The van der Waals surface area contributed by atoms with E-state index in [9.17, 15) is 9.18 Å². The average Bonchev–Trinajstić information content (AvgIpc) is 3.12. The Hall–Kier alpha value is -2.86. The van der Waals surface area contributed by atoms with Crippen LogP contribution in [0.5, 0.6) is 5.75 Å². The molecule has 0 radical (unpaired) electrons. The molecule has 1 aliphatic heterocycles. The Bertz CT molecular complexity index is 1080. The Morgan fingerprint density at radius 2 is 2.03 bits per heavy atom. The molecular formula is C25H27FN2O2S. The predicted octanol–water partition coefficient (Wildman–Crippen LogP) is 5.62. The van der Waals surface area contributed by atoms with Gasteiger partial charge in [-0.1, -0.05) is 31.2 Å². The number of methoxy groups -OCH3 is 1. The van der Waals surface area contributed by atoms with Crippen molar-refractivity contribution in [2.45, 2.75) is 39.3 Å². The van der Waals surface area contributed by atoms with Gasteiger partial charge in [-0.2, -0.15) is 0 Å². The van der Waals surface area contributed by atoms with Gasteiger partial charge in [-0.15, -0.1) is 11.3 Å². The van der Waals surface area contributed by atoms with E-state index >= 15 is 0 Å². The fourth-order valence-electron chi connectivity index (χ4n) is 4.37. The van der Waals surface area contributed by atoms with Crippen molar-refractivity contribution in [1.82, 2.24) is 10.2 Å². The van der Waals surface area contributed by atoms with E-state index < -0.39 is 0 Å². The van der Waals surface area contributed by atoms with E-state index in [4.69, 9.17) is 4.74 Å². The lowest BCUT2D eigenvalue weighted by Crippen LogP contribution is -2.45. The Labute approximate surface area is 186 Å². The second-order valence-corrected chi connectivity index (χ2v) is 9.00. The van der Waals surface area contributed by atoms with Gasteiger partial charge in [0.1, 0.15) is 11.6 Å². The lowest BCUT2D eigenvalue weighted by molar-refractivity contribution is 0.180. The first-order valence-corrected chi connectivity index (χ1v) is 11.4. The summed E-state index contributed by atoms with van der Waals surface area (Å²) in [5.74, 6) is 0.491. The molecule has 0 spiro atoms. The molecule has 1 unspecified atom stereocenters. The molecule has 2 amide bonds. The quantitative estimate of drug-likeness (QED) is 0.561. The van der Waals surface area contributed by atoms with Crippen molar-refractivity contribution in [2.75, 3.05) is 13.7 Å². The van der Waals surface area contributed by atoms with Crippen molar-refractivity contribution in [1.29, 1.82) is 0 Å². The van der Waals surface area contributed by atoms with Crippen molar-refractivity contribution in [3.8, 4) is 5.75 Å². The van der Waals surface area contributed by atoms with E-state index in [0.717, 1.165) is 29.7 Å². The number of aryl methyl sites for hydroxylation is 1. The molecule has 0 saturated carbocycles. The zero-order chi connectivity index (χ0) is 22.0. The Balaban J connectivity index is 1.63. The first kappa shape index (κ1) is 21.4. The minimum atomic E-state index is -0.273. The van der Waals surface area contributed by atoms with Crippen LogP contribution < -0.4 is 10.1 Å². The van der Waals surface area contributed by atoms with E-state index in [2.05, 4.69) is 19.2 Å². The van der Waals surface area contributed by atoms with Crippen LogP contribution in [0.1, 0.15) is 45.0 Å². The lowest BCUT2D eigenvalue weighted by Gasteiger charge is -2.36. The first-order valence-electron chi connectivity index (χ1n) is 10.6. The number of fused-ring (bicyclic) bond motifs is 1. The van der Waals surface area contributed by atoms with Crippen molar-refractivity contribution < 1.29 is 13.9 Å². The average molecular weight is 439 g/mol. The van der Waals surface area contributed by atoms with Crippen LogP contribution in [0.25, 0.3) is 0 Å². The van der Waals surface area contributed by atoms with Crippen LogP contribution in [0.3, 0.4) is 0 Å². The van der Waals surface area contributed by atoms with Gasteiger partial charge < -0.3 is 15.0 Å². The highest BCUT2D eigenvalue weighted by molar-refractivity contribution is 7.12. The molecule has 0 aliphatic carbocycles. The molecule has 1 atom stereocenters.